The standard InChI is InChI=1S/C27H21ClN2O4.C2H6/c1-33-26-15-23-22(14-24(26)31)25(9-10-29-23)34-21-8-6-16-5-7-20(12-18(16)13-21)30-27(32)17-3-2-4-19(28)11-17;1-2/h2-16,18,31H,1H3,(H,30,32);1-2H3. The number of amides is 1. The van der Waals surface area contributed by atoms with E-state index in [1.807, 2.05) is 44.2 Å². The van der Waals surface area contributed by atoms with Crippen LogP contribution >= 0.6 is 11.6 Å². The minimum Gasteiger partial charge on any atom is -0.504 e. The second-order valence-corrected chi connectivity index (χ2v) is 8.42. The molecule has 1 heterocycles. The first-order chi connectivity index (χ1) is 17.5. The molecule has 2 aliphatic rings. The van der Waals surface area contributed by atoms with Gasteiger partial charge in [0.1, 0.15) is 11.5 Å². The van der Waals surface area contributed by atoms with Crippen molar-refractivity contribution in [2.24, 2.45) is 11.8 Å². The van der Waals surface area contributed by atoms with Crippen LogP contribution in [0.4, 0.5) is 0 Å². The zero-order chi connectivity index (χ0) is 25.7. The number of benzene rings is 2. The summed E-state index contributed by atoms with van der Waals surface area (Å²) in [5, 5.41) is 14.3. The third-order valence-electron chi connectivity index (χ3n) is 5.73. The van der Waals surface area contributed by atoms with Crippen LogP contribution in [0.25, 0.3) is 10.9 Å². The molecule has 2 atom stereocenters. The molecule has 1 aromatic heterocycles. The van der Waals surface area contributed by atoms with Gasteiger partial charge in [-0.25, -0.2) is 0 Å². The molecule has 3 aromatic rings. The van der Waals surface area contributed by atoms with Crippen LogP contribution in [0.5, 0.6) is 17.2 Å². The van der Waals surface area contributed by atoms with E-state index < -0.39 is 0 Å². The van der Waals surface area contributed by atoms with Gasteiger partial charge in [0.05, 0.1) is 12.6 Å². The second kappa shape index (κ2) is 11.1. The summed E-state index contributed by atoms with van der Waals surface area (Å²) in [6.45, 7) is 4.00. The van der Waals surface area contributed by atoms with Crippen molar-refractivity contribution in [1.82, 2.24) is 10.3 Å². The van der Waals surface area contributed by atoms with Crippen molar-refractivity contribution in [3.05, 3.63) is 107 Å². The molecule has 7 heteroatoms. The molecular formula is C29H27ClN2O4. The maximum atomic E-state index is 12.6. The van der Waals surface area contributed by atoms with Crippen LogP contribution in [0.15, 0.2) is 96.6 Å². The molecule has 36 heavy (non-hydrogen) atoms. The number of fused-ring (bicyclic) bond motifs is 2. The Balaban J connectivity index is 0.00000148. The summed E-state index contributed by atoms with van der Waals surface area (Å²) in [6.07, 6.45) is 13.6. The number of ether oxygens (including phenoxy) is 2. The number of carbonyl (C=O) groups excluding carboxylic acids is 1. The summed E-state index contributed by atoms with van der Waals surface area (Å²) < 4.78 is 11.3. The highest BCUT2D eigenvalue weighted by molar-refractivity contribution is 6.31. The lowest BCUT2D eigenvalue weighted by molar-refractivity contribution is 0.0966. The van der Waals surface area contributed by atoms with E-state index in [0.717, 1.165) is 0 Å². The highest BCUT2D eigenvalue weighted by Crippen LogP contribution is 2.36. The van der Waals surface area contributed by atoms with Crippen LogP contribution in [0.2, 0.25) is 5.02 Å². The van der Waals surface area contributed by atoms with Gasteiger partial charge in [-0.05, 0) is 48.6 Å². The fourth-order valence-corrected chi connectivity index (χ4v) is 4.21. The van der Waals surface area contributed by atoms with Crippen LogP contribution in [-0.2, 0) is 0 Å². The number of aromatic nitrogens is 1. The van der Waals surface area contributed by atoms with E-state index in [1.54, 1.807) is 48.7 Å². The van der Waals surface area contributed by atoms with Crippen molar-refractivity contribution < 1.29 is 19.4 Å². The largest absolute Gasteiger partial charge is 0.504 e. The normalized spacial score (nSPS) is 17.8. The lowest BCUT2D eigenvalue weighted by atomic mass is 9.84. The summed E-state index contributed by atoms with van der Waals surface area (Å²) >= 11 is 6.00. The smallest absolute Gasteiger partial charge is 0.255 e. The van der Waals surface area contributed by atoms with Crippen LogP contribution < -0.4 is 14.8 Å². The van der Waals surface area contributed by atoms with Gasteiger partial charge in [0, 0.05) is 45.8 Å². The van der Waals surface area contributed by atoms with Gasteiger partial charge in [0.25, 0.3) is 5.91 Å². The average molecular weight is 503 g/mol. The molecule has 184 valence electrons. The number of methoxy groups -OCH3 is 1. The van der Waals surface area contributed by atoms with Crippen LogP contribution in [0.1, 0.15) is 24.2 Å². The number of hydrogen-bond acceptors (Lipinski definition) is 5. The molecule has 2 N–H and O–H groups in total. The minimum absolute atomic E-state index is 0.0151. The number of carbonyl (C=O) groups is 1. The molecule has 2 unspecified atom stereocenters. The number of phenolic OH excluding ortho intramolecular Hbond substituents is 1. The number of nitrogens with zero attached hydrogens (tertiary/aromatic N) is 1. The first-order valence-corrected chi connectivity index (χ1v) is 12.1. The number of rotatable bonds is 5. The zero-order valence-corrected chi connectivity index (χ0v) is 21.0. The number of phenols is 1. The zero-order valence-electron chi connectivity index (χ0n) is 20.2. The number of aromatic hydroxyl groups is 1. The summed E-state index contributed by atoms with van der Waals surface area (Å²) in [5.41, 5.74) is 1.86. The third-order valence-corrected chi connectivity index (χ3v) is 5.96. The Labute approximate surface area is 215 Å². The number of nitrogens with one attached hydrogen (secondary N) is 1. The van der Waals surface area contributed by atoms with Crippen LogP contribution in [0, 0.1) is 11.8 Å². The summed E-state index contributed by atoms with van der Waals surface area (Å²) in [6, 6.07) is 11.8. The third kappa shape index (κ3) is 5.44. The molecule has 0 spiro atoms. The molecule has 5 rings (SSSR count). The van der Waals surface area contributed by atoms with Gasteiger partial charge in [-0.15, -0.1) is 0 Å². The maximum absolute atomic E-state index is 12.6. The Morgan fingerprint density at radius 3 is 2.61 bits per heavy atom. The predicted molar refractivity (Wildman–Crippen MR) is 142 cm³/mol. The molecule has 0 saturated carbocycles. The van der Waals surface area contributed by atoms with Crippen LogP contribution in [0.3, 0.4) is 0 Å². The van der Waals surface area contributed by atoms with Gasteiger partial charge in [-0.1, -0.05) is 49.7 Å². The number of halogens is 1. The number of hydrogen-bond donors (Lipinski definition) is 2. The lowest BCUT2D eigenvalue weighted by Crippen LogP contribution is -2.25. The van der Waals surface area contributed by atoms with E-state index >= 15 is 0 Å². The van der Waals surface area contributed by atoms with E-state index in [4.69, 9.17) is 21.1 Å². The molecular weight excluding hydrogens is 476 g/mol. The van der Waals surface area contributed by atoms with Crippen molar-refractivity contribution in [3.8, 4) is 17.2 Å². The topological polar surface area (TPSA) is 80.7 Å². The van der Waals surface area contributed by atoms with E-state index in [2.05, 4.69) is 16.4 Å². The van der Waals surface area contributed by atoms with Crippen molar-refractivity contribution >= 4 is 28.4 Å². The molecule has 0 radical (unpaired) electrons. The highest BCUT2D eigenvalue weighted by Gasteiger charge is 2.22. The van der Waals surface area contributed by atoms with E-state index in [0.29, 0.717) is 44.4 Å². The molecule has 2 aliphatic carbocycles. The van der Waals surface area contributed by atoms with Gasteiger partial charge in [0.15, 0.2) is 11.5 Å². The number of allylic oxidation sites excluding steroid dienone is 6. The van der Waals surface area contributed by atoms with Gasteiger partial charge in [-0.2, -0.15) is 0 Å². The fraction of sp³-hybridized carbons (Fsp3) is 0.172. The summed E-state index contributed by atoms with van der Waals surface area (Å²) in [4.78, 5) is 16.9. The molecule has 0 fully saturated rings. The van der Waals surface area contributed by atoms with E-state index in [1.165, 1.54) is 7.11 Å². The van der Waals surface area contributed by atoms with Crippen LogP contribution in [-0.4, -0.2) is 23.1 Å². The molecule has 0 aliphatic heterocycles. The van der Waals surface area contributed by atoms with Crippen molar-refractivity contribution in [2.75, 3.05) is 7.11 Å². The Bertz CT molecular complexity index is 1410. The molecule has 1 amide bonds. The summed E-state index contributed by atoms with van der Waals surface area (Å²) in [7, 11) is 1.49. The molecule has 2 aromatic carbocycles. The molecule has 0 saturated heterocycles. The Kier molecular flexibility index (Phi) is 7.76. The SMILES string of the molecule is CC.COc1cc2nccc(OC3=CC4C=C(NC(=O)c5cccc(Cl)c5)C=CC4C=C3)c2cc1O. The molecule has 0 bridgehead atoms. The minimum atomic E-state index is -0.220. The second-order valence-electron chi connectivity index (χ2n) is 7.98. The fourth-order valence-electron chi connectivity index (χ4n) is 4.02. The maximum Gasteiger partial charge on any atom is 0.255 e. The van der Waals surface area contributed by atoms with Crippen molar-refractivity contribution in [2.45, 2.75) is 13.8 Å². The quantitative estimate of drug-likeness (QED) is 0.412. The van der Waals surface area contributed by atoms with Gasteiger partial charge in [-0.3, -0.25) is 9.78 Å². The van der Waals surface area contributed by atoms with Gasteiger partial charge in [0.2, 0.25) is 0 Å². The monoisotopic (exact) mass is 502 g/mol. The molecule has 6 nitrogen and oxygen atoms in total. The number of pyridine rings is 1. The first kappa shape index (κ1) is 25.1. The first-order valence-electron chi connectivity index (χ1n) is 11.7. The van der Waals surface area contributed by atoms with Crippen molar-refractivity contribution in [1.29, 1.82) is 0 Å². The van der Waals surface area contributed by atoms with Gasteiger partial charge < -0.3 is 19.9 Å². The van der Waals surface area contributed by atoms with Gasteiger partial charge >= 0.3 is 0 Å². The Morgan fingerprint density at radius 1 is 1.03 bits per heavy atom. The van der Waals surface area contributed by atoms with E-state index in [9.17, 15) is 9.90 Å². The highest BCUT2D eigenvalue weighted by atomic mass is 35.5. The van der Waals surface area contributed by atoms with E-state index in [-0.39, 0.29) is 23.5 Å². The Morgan fingerprint density at radius 2 is 1.83 bits per heavy atom. The lowest BCUT2D eigenvalue weighted by Gasteiger charge is -2.25. The summed E-state index contributed by atoms with van der Waals surface area (Å²) in [5.74, 6) is 1.56. The Hall–Kier alpha value is -4.03. The van der Waals surface area contributed by atoms with Crippen molar-refractivity contribution in [3.63, 3.8) is 0 Å². The average Bonchev–Trinajstić information content (AvgIpc) is 2.89. The predicted octanol–water partition coefficient (Wildman–Crippen LogP) is 6.58.